The molecule has 90 valence electrons. The molecule has 16 heavy (non-hydrogen) atoms. The van der Waals surface area contributed by atoms with E-state index >= 15 is 0 Å². The van der Waals surface area contributed by atoms with Crippen molar-refractivity contribution in [3.05, 3.63) is 33.8 Å². The van der Waals surface area contributed by atoms with Crippen molar-refractivity contribution in [1.29, 1.82) is 0 Å². The molecule has 0 bridgehead atoms. The van der Waals surface area contributed by atoms with E-state index in [4.69, 9.17) is 11.6 Å². The molecule has 0 nitrogen and oxygen atoms in total. The maximum absolute atomic E-state index is 6.55. The van der Waals surface area contributed by atoms with Gasteiger partial charge in [-0.15, -0.1) is 0 Å². The van der Waals surface area contributed by atoms with E-state index in [1.54, 1.807) is 0 Å². The topological polar surface area (TPSA) is 0 Å². The largest absolute Gasteiger partial charge is 0.0837 e. The highest BCUT2D eigenvalue weighted by molar-refractivity contribution is 6.32. The van der Waals surface area contributed by atoms with Gasteiger partial charge in [0.25, 0.3) is 0 Å². The van der Waals surface area contributed by atoms with Gasteiger partial charge >= 0.3 is 0 Å². The Morgan fingerprint density at radius 1 is 0.812 bits per heavy atom. The molecule has 0 spiro atoms. The Morgan fingerprint density at radius 2 is 1.12 bits per heavy atom. The average molecular weight is 239 g/mol. The summed E-state index contributed by atoms with van der Waals surface area (Å²) in [6.45, 7) is 15.4. The minimum Gasteiger partial charge on any atom is -0.0837 e. The molecule has 0 atom stereocenters. The van der Waals surface area contributed by atoms with E-state index in [-0.39, 0.29) is 10.8 Å². The molecule has 1 heteroatoms. The third kappa shape index (κ3) is 2.79. The van der Waals surface area contributed by atoms with Crippen molar-refractivity contribution in [1.82, 2.24) is 0 Å². The lowest BCUT2D eigenvalue weighted by atomic mass is 9.79. The van der Waals surface area contributed by atoms with Crippen LogP contribution in [0.5, 0.6) is 0 Å². The summed E-state index contributed by atoms with van der Waals surface area (Å²) in [6.07, 6.45) is 0. The Balaban J connectivity index is 3.51. The Bertz CT molecular complexity index is 354. The summed E-state index contributed by atoms with van der Waals surface area (Å²) in [5.74, 6) is 0. The molecule has 0 unspecified atom stereocenters. The molecule has 0 radical (unpaired) electrons. The molecule has 0 aromatic heterocycles. The maximum Gasteiger partial charge on any atom is 0.0480 e. The van der Waals surface area contributed by atoms with Crippen molar-refractivity contribution >= 4 is 11.6 Å². The minimum atomic E-state index is 0.100. The zero-order valence-electron chi connectivity index (χ0n) is 11.5. The van der Waals surface area contributed by atoms with E-state index < -0.39 is 0 Å². The summed E-state index contributed by atoms with van der Waals surface area (Å²) in [4.78, 5) is 0. The Morgan fingerprint density at radius 3 is 1.38 bits per heavy atom. The standard InChI is InChI=1S/C15H23Cl/c1-10-8-11(14(2,3)4)13(16)12(9-10)15(5,6)7/h8-9H,1-7H3. The molecular formula is C15H23Cl. The molecule has 0 aliphatic rings. The highest BCUT2D eigenvalue weighted by Gasteiger charge is 2.24. The van der Waals surface area contributed by atoms with Gasteiger partial charge in [-0.05, 0) is 28.9 Å². The fourth-order valence-corrected chi connectivity index (χ4v) is 2.54. The van der Waals surface area contributed by atoms with Gasteiger partial charge in [0.1, 0.15) is 0 Å². The molecular weight excluding hydrogens is 216 g/mol. The lowest BCUT2D eigenvalue weighted by molar-refractivity contribution is 0.568. The molecule has 0 saturated carbocycles. The van der Waals surface area contributed by atoms with Crippen LogP contribution in [0.25, 0.3) is 0 Å². The molecule has 0 N–H and O–H groups in total. The van der Waals surface area contributed by atoms with Crippen molar-refractivity contribution in [2.45, 2.75) is 59.3 Å². The Hall–Kier alpha value is -0.490. The lowest BCUT2D eigenvalue weighted by Crippen LogP contribution is -2.18. The van der Waals surface area contributed by atoms with Crippen LogP contribution in [-0.4, -0.2) is 0 Å². The van der Waals surface area contributed by atoms with Crippen molar-refractivity contribution in [2.24, 2.45) is 0 Å². The fourth-order valence-electron chi connectivity index (χ4n) is 1.86. The monoisotopic (exact) mass is 238 g/mol. The van der Waals surface area contributed by atoms with Gasteiger partial charge in [-0.3, -0.25) is 0 Å². The van der Waals surface area contributed by atoms with Gasteiger partial charge in [-0.2, -0.15) is 0 Å². The van der Waals surface area contributed by atoms with Crippen LogP contribution >= 0.6 is 11.6 Å². The molecule has 1 aromatic carbocycles. The van der Waals surface area contributed by atoms with E-state index in [1.807, 2.05) is 0 Å². The van der Waals surface area contributed by atoms with E-state index in [0.717, 1.165) is 5.02 Å². The van der Waals surface area contributed by atoms with Crippen LogP contribution in [0.2, 0.25) is 5.02 Å². The highest BCUT2D eigenvalue weighted by atomic mass is 35.5. The third-order valence-corrected chi connectivity index (χ3v) is 3.24. The minimum absolute atomic E-state index is 0.100. The molecule has 1 aromatic rings. The van der Waals surface area contributed by atoms with Crippen LogP contribution < -0.4 is 0 Å². The average Bonchev–Trinajstić information content (AvgIpc) is 2.04. The van der Waals surface area contributed by atoms with Gasteiger partial charge in [-0.25, -0.2) is 0 Å². The predicted molar refractivity (Wildman–Crippen MR) is 73.6 cm³/mol. The first kappa shape index (κ1) is 13.6. The Labute approximate surface area is 105 Å². The van der Waals surface area contributed by atoms with Gasteiger partial charge in [0.15, 0.2) is 0 Å². The van der Waals surface area contributed by atoms with Crippen LogP contribution in [0, 0.1) is 6.92 Å². The second-order valence-electron chi connectivity index (χ2n) is 6.67. The number of hydrogen-bond donors (Lipinski definition) is 0. The SMILES string of the molecule is Cc1cc(C(C)(C)C)c(Cl)c(C(C)(C)C)c1. The first-order valence-corrected chi connectivity index (χ1v) is 6.22. The zero-order valence-corrected chi connectivity index (χ0v) is 12.3. The Kier molecular flexibility index (Phi) is 3.45. The molecule has 0 heterocycles. The normalized spacial score (nSPS) is 13.0. The number of halogens is 1. The fraction of sp³-hybridized carbons (Fsp3) is 0.600. The second kappa shape index (κ2) is 4.07. The molecule has 0 saturated heterocycles. The summed E-state index contributed by atoms with van der Waals surface area (Å²) in [6, 6.07) is 4.41. The molecule has 1 rings (SSSR count). The van der Waals surface area contributed by atoms with E-state index in [1.165, 1.54) is 16.7 Å². The number of hydrogen-bond acceptors (Lipinski definition) is 0. The molecule has 0 fully saturated rings. The highest BCUT2D eigenvalue weighted by Crippen LogP contribution is 2.38. The van der Waals surface area contributed by atoms with Crippen LogP contribution in [0.1, 0.15) is 58.2 Å². The predicted octanol–water partition coefficient (Wildman–Crippen LogP) is 5.24. The van der Waals surface area contributed by atoms with Crippen molar-refractivity contribution < 1.29 is 0 Å². The summed E-state index contributed by atoms with van der Waals surface area (Å²) < 4.78 is 0. The van der Waals surface area contributed by atoms with Crippen molar-refractivity contribution in [3.8, 4) is 0 Å². The summed E-state index contributed by atoms with van der Waals surface area (Å²) in [7, 11) is 0. The van der Waals surface area contributed by atoms with Gasteiger partial charge in [0.2, 0.25) is 0 Å². The molecule has 0 aliphatic heterocycles. The number of rotatable bonds is 0. The summed E-state index contributed by atoms with van der Waals surface area (Å²) in [5, 5.41) is 0.936. The van der Waals surface area contributed by atoms with Crippen molar-refractivity contribution in [3.63, 3.8) is 0 Å². The van der Waals surface area contributed by atoms with Gasteiger partial charge in [0, 0.05) is 5.02 Å². The first-order valence-electron chi connectivity index (χ1n) is 5.84. The van der Waals surface area contributed by atoms with E-state index in [0.29, 0.717) is 0 Å². The van der Waals surface area contributed by atoms with E-state index in [9.17, 15) is 0 Å². The second-order valence-corrected chi connectivity index (χ2v) is 7.05. The zero-order chi connectivity index (χ0) is 12.7. The lowest BCUT2D eigenvalue weighted by Gasteiger charge is -2.28. The number of benzene rings is 1. The smallest absolute Gasteiger partial charge is 0.0480 e. The van der Waals surface area contributed by atoms with E-state index in [2.05, 4.69) is 60.6 Å². The van der Waals surface area contributed by atoms with Gasteiger partial charge in [-0.1, -0.05) is 70.8 Å². The van der Waals surface area contributed by atoms with Gasteiger partial charge in [0.05, 0.1) is 0 Å². The van der Waals surface area contributed by atoms with Crippen molar-refractivity contribution in [2.75, 3.05) is 0 Å². The van der Waals surface area contributed by atoms with Crippen LogP contribution in [-0.2, 0) is 10.8 Å². The number of aryl methyl sites for hydroxylation is 1. The maximum atomic E-state index is 6.55. The van der Waals surface area contributed by atoms with Crippen LogP contribution in [0.15, 0.2) is 12.1 Å². The van der Waals surface area contributed by atoms with Crippen LogP contribution in [0.4, 0.5) is 0 Å². The molecule has 0 amide bonds. The summed E-state index contributed by atoms with van der Waals surface area (Å²) in [5.41, 5.74) is 3.99. The quantitative estimate of drug-likeness (QED) is 0.580. The van der Waals surface area contributed by atoms with Crippen LogP contribution in [0.3, 0.4) is 0 Å². The van der Waals surface area contributed by atoms with Gasteiger partial charge < -0.3 is 0 Å². The molecule has 0 aliphatic carbocycles. The first-order chi connectivity index (χ1) is 7.03. The third-order valence-electron chi connectivity index (χ3n) is 2.83. The summed E-state index contributed by atoms with van der Waals surface area (Å²) >= 11 is 6.55.